The van der Waals surface area contributed by atoms with Crippen LogP contribution in [-0.4, -0.2) is 17.0 Å². The number of amides is 1. The second-order valence-electron chi connectivity index (χ2n) is 4.07. The van der Waals surface area contributed by atoms with Crippen molar-refractivity contribution in [2.45, 2.75) is 0 Å². The van der Waals surface area contributed by atoms with Gasteiger partial charge in [0.15, 0.2) is 0 Å². The second-order valence-corrected chi connectivity index (χ2v) is 4.50. The summed E-state index contributed by atoms with van der Waals surface area (Å²) in [6.45, 7) is 0. The van der Waals surface area contributed by atoms with Crippen molar-refractivity contribution in [2.75, 3.05) is 11.1 Å². The van der Waals surface area contributed by atoms with Gasteiger partial charge in [0.2, 0.25) is 0 Å². The zero-order chi connectivity index (χ0) is 14.7. The van der Waals surface area contributed by atoms with Gasteiger partial charge in [-0.3, -0.25) is 4.79 Å². The number of carbonyl (C=O) groups excluding carboxylic acids is 1. The molecule has 0 aliphatic rings. The summed E-state index contributed by atoms with van der Waals surface area (Å²) in [5.74, 6) is -1.43. The van der Waals surface area contributed by atoms with Crippen LogP contribution in [0.2, 0.25) is 5.02 Å². The van der Waals surface area contributed by atoms with E-state index in [4.69, 9.17) is 22.4 Å². The number of carbonyl (C=O) groups is 2. The molecule has 6 heteroatoms. The van der Waals surface area contributed by atoms with Gasteiger partial charge in [-0.1, -0.05) is 11.6 Å². The molecule has 0 fully saturated rings. The van der Waals surface area contributed by atoms with Gasteiger partial charge in [-0.25, -0.2) is 4.79 Å². The lowest BCUT2D eigenvalue weighted by molar-refractivity contribution is 0.0697. The SMILES string of the molecule is Nc1cc(C(=O)O)ccc1NC(=O)c1ccc(Cl)cc1. The van der Waals surface area contributed by atoms with Gasteiger partial charge < -0.3 is 16.2 Å². The van der Waals surface area contributed by atoms with Crippen molar-refractivity contribution in [3.05, 3.63) is 58.6 Å². The van der Waals surface area contributed by atoms with Crippen LogP contribution in [0.5, 0.6) is 0 Å². The Morgan fingerprint density at radius 1 is 1.05 bits per heavy atom. The van der Waals surface area contributed by atoms with Gasteiger partial charge in [0.1, 0.15) is 0 Å². The van der Waals surface area contributed by atoms with Gasteiger partial charge in [0.05, 0.1) is 16.9 Å². The Bertz CT molecular complexity index is 669. The summed E-state index contributed by atoms with van der Waals surface area (Å²) in [5, 5.41) is 12.0. The van der Waals surface area contributed by atoms with Crippen molar-refractivity contribution in [2.24, 2.45) is 0 Å². The quantitative estimate of drug-likeness (QED) is 0.758. The van der Waals surface area contributed by atoms with E-state index in [0.29, 0.717) is 16.3 Å². The number of hydrogen-bond donors (Lipinski definition) is 3. The highest BCUT2D eigenvalue weighted by Crippen LogP contribution is 2.21. The lowest BCUT2D eigenvalue weighted by Gasteiger charge is -2.09. The number of nitrogens with two attached hydrogens (primary N) is 1. The highest BCUT2D eigenvalue weighted by atomic mass is 35.5. The number of anilines is 2. The largest absolute Gasteiger partial charge is 0.478 e. The molecule has 2 rings (SSSR count). The predicted molar refractivity (Wildman–Crippen MR) is 77.2 cm³/mol. The average molecular weight is 291 g/mol. The molecule has 0 bridgehead atoms. The first-order valence-corrected chi connectivity index (χ1v) is 6.05. The van der Waals surface area contributed by atoms with Crippen LogP contribution in [0.4, 0.5) is 11.4 Å². The number of nitrogen functional groups attached to an aromatic ring is 1. The van der Waals surface area contributed by atoms with Crippen LogP contribution in [0.1, 0.15) is 20.7 Å². The Morgan fingerprint density at radius 2 is 1.65 bits per heavy atom. The van der Waals surface area contributed by atoms with Crippen LogP contribution in [-0.2, 0) is 0 Å². The molecule has 0 unspecified atom stereocenters. The number of rotatable bonds is 3. The minimum absolute atomic E-state index is 0.0620. The summed E-state index contributed by atoms with van der Waals surface area (Å²) in [4.78, 5) is 22.8. The normalized spacial score (nSPS) is 10.1. The molecule has 2 aromatic carbocycles. The molecule has 4 N–H and O–H groups in total. The van der Waals surface area contributed by atoms with Crippen molar-refractivity contribution in [3.8, 4) is 0 Å². The lowest BCUT2D eigenvalue weighted by atomic mass is 10.1. The molecule has 0 heterocycles. The maximum Gasteiger partial charge on any atom is 0.335 e. The van der Waals surface area contributed by atoms with Crippen LogP contribution in [0.3, 0.4) is 0 Å². The zero-order valence-electron chi connectivity index (χ0n) is 10.3. The first-order valence-electron chi connectivity index (χ1n) is 5.67. The number of nitrogens with one attached hydrogen (secondary N) is 1. The Hall–Kier alpha value is -2.53. The van der Waals surface area contributed by atoms with Gasteiger partial charge in [-0.15, -0.1) is 0 Å². The lowest BCUT2D eigenvalue weighted by Crippen LogP contribution is -2.13. The molecule has 5 nitrogen and oxygen atoms in total. The highest BCUT2D eigenvalue weighted by molar-refractivity contribution is 6.30. The minimum atomic E-state index is -1.08. The minimum Gasteiger partial charge on any atom is -0.478 e. The fraction of sp³-hybridized carbons (Fsp3) is 0. The third-order valence-electron chi connectivity index (χ3n) is 2.65. The molecular formula is C14H11ClN2O3. The molecule has 0 aliphatic carbocycles. The van der Waals surface area contributed by atoms with Gasteiger partial charge in [-0.05, 0) is 42.5 Å². The van der Waals surface area contributed by atoms with Crippen LogP contribution >= 0.6 is 11.6 Å². The molecule has 0 atom stereocenters. The van der Waals surface area contributed by atoms with Crippen molar-refractivity contribution in [3.63, 3.8) is 0 Å². The van der Waals surface area contributed by atoms with Crippen LogP contribution in [0, 0.1) is 0 Å². The van der Waals surface area contributed by atoms with Gasteiger partial charge in [0, 0.05) is 10.6 Å². The van der Waals surface area contributed by atoms with E-state index in [9.17, 15) is 9.59 Å². The van der Waals surface area contributed by atoms with E-state index >= 15 is 0 Å². The van der Waals surface area contributed by atoms with E-state index in [1.807, 2.05) is 0 Å². The Morgan fingerprint density at radius 3 is 2.20 bits per heavy atom. The number of aromatic carboxylic acids is 1. The average Bonchev–Trinajstić information content (AvgIpc) is 2.41. The first kappa shape index (κ1) is 13.9. The van der Waals surface area contributed by atoms with Crippen molar-refractivity contribution in [1.82, 2.24) is 0 Å². The predicted octanol–water partition coefficient (Wildman–Crippen LogP) is 2.87. The monoisotopic (exact) mass is 290 g/mol. The molecule has 20 heavy (non-hydrogen) atoms. The number of carboxylic acids is 1. The summed E-state index contributed by atoms with van der Waals surface area (Å²) >= 11 is 5.74. The summed E-state index contributed by atoms with van der Waals surface area (Å²) in [6, 6.07) is 10.5. The Kier molecular flexibility index (Phi) is 3.91. The Balaban J connectivity index is 2.19. The summed E-state index contributed by atoms with van der Waals surface area (Å²) < 4.78 is 0. The number of halogens is 1. The summed E-state index contributed by atoms with van der Waals surface area (Å²) in [7, 11) is 0. The number of benzene rings is 2. The van der Waals surface area contributed by atoms with E-state index in [1.165, 1.54) is 18.2 Å². The number of hydrogen-bond acceptors (Lipinski definition) is 3. The van der Waals surface area contributed by atoms with Crippen molar-refractivity contribution in [1.29, 1.82) is 0 Å². The van der Waals surface area contributed by atoms with Gasteiger partial charge in [0.25, 0.3) is 5.91 Å². The number of carboxylic acid groups (broad SMARTS) is 1. The van der Waals surface area contributed by atoms with Gasteiger partial charge >= 0.3 is 5.97 Å². The molecule has 1 amide bonds. The Labute approximate surface area is 120 Å². The molecule has 2 aromatic rings. The molecule has 0 saturated heterocycles. The molecular weight excluding hydrogens is 280 g/mol. The fourth-order valence-corrected chi connectivity index (χ4v) is 1.73. The van der Waals surface area contributed by atoms with Crippen LogP contribution in [0.25, 0.3) is 0 Å². The summed E-state index contributed by atoms with van der Waals surface area (Å²) in [5.41, 5.74) is 6.74. The maximum atomic E-state index is 12.0. The van der Waals surface area contributed by atoms with Crippen LogP contribution < -0.4 is 11.1 Å². The molecule has 0 aliphatic heterocycles. The fourth-order valence-electron chi connectivity index (χ4n) is 1.61. The van der Waals surface area contributed by atoms with Crippen LogP contribution in [0.15, 0.2) is 42.5 Å². The van der Waals surface area contributed by atoms with Gasteiger partial charge in [-0.2, -0.15) is 0 Å². The third-order valence-corrected chi connectivity index (χ3v) is 2.91. The van der Waals surface area contributed by atoms with E-state index in [1.54, 1.807) is 24.3 Å². The maximum absolute atomic E-state index is 12.0. The zero-order valence-corrected chi connectivity index (χ0v) is 11.0. The molecule has 0 radical (unpaired) electrons. The highest BCUT2D eigenvalue weighted by Gasteiger charge is 2.10. The summed E-state index contributed by atoms with van der Waals surface area (Å²) in [6.07, 6.45) is 0. The van der Waals surface area contributed by atoms with E-state index in [0.717, 1.165) is 0 Å². The molecule has 102 valence electrons. The third kappa shape index (κ3) is 3.07. The van der Waals surface area contributed by atoms with Crippen molar-refractivity contribution < 1.29 is 14.7 Å². The smallest absolute Gasteiger partial charge is 0.335 e. The van der Waals surface area contributed by atoms with Crippen molar-refractivity contribution >= 4 is 34.9 Å². The standard InChI is InChI=1S/C14H11ClN2O3/c15-10-4-1-8(2-5-10)13(18)17-12-6-3-9(14(19)20)7-11(12)16/h1-7H,16H2,(H,17,18)(H,19,20). The molecule has 0 aromatic heterocycles. The first-order chi connectivity index (χ1) is 9.47. The topological polar surface area (TPSA) is 92.4 Å². The van der Waals surface area contributed by atoms with E-state index in [2.05, 4.69) is 5.32 Å². The molecule has 0 spiro atoms. The van der Waals surface area contributed by atoms with E-state index < -0.39 is 5.97 Å². The molecule has 0 saturated carbocycles. The second kappa shape index (κ2) is 5.63. The van der Waals surface area contributed by atoms with E-state index in [-0.39, 0.29) is 17.2 Å².